The van der Waals surface area contributed by atoms with E-state index in [1.54, 1.807) is 18.2 Å². The van der Waals surface area contributed by atoms with E-state index in [1.807, 2.05) is 35.6 Å². The van der Waals surface area contributed by atoms with Crippen LogP contribution in [0.15, 0.2) is 48.5 Å². The van der Waals surface area contributed by atoms with E-state index in [9.17, 15) is 13.2 Å². The summed E-state index contributed by atoms with van der Waals surface area (Å²) in [7, 11) is -3.02. The molecule has 3 N–H and O–H groups in total. The zero-order valence-corrected chi connectivity index (χ0v) is 16.2. The number of rotatable bonds is 5. The molecule has 8 heteroatoms. The van der Waals surface area contributed by atoms with Crippen molar-refractivity contribution in [2.45, 2.75) is 18.5 Å². The van der Waals surface area contributed by atoms with Gasteiger partial charge in [0.2, 0.25) is 0 Å². The lowest BCUT2D eigenvalue weighted by Gasteiger charge is -2.19. The maximum absolute atomic E-state index is 12.9. The van der Waals surface area contributed by atoms with Crippen molar-refractivity contribution in [3.63, 3.8) is 0 Å². The molecule has 5 nitrogen and oxygen atoms in total. The largest absolute Gasteiger partial charge is 0.329 e. The second-order valence-electron chi connectivity index (χ2n) is 6.39. The lowest BCUT2D eigenvalue weighted by molar-refractivity contribution is -0.710. The fourth-order valence-corrected chi connectivity index (χ4v) is 5.39. The van der Waals surface area contributed by atoms with Crippen LogP contribution < -0.4 is 10.6 Å². The summed E-state index contributed by atoms with van der Waals surface area (Å²) in [5.41, 5.74) is 1.31. The van der Waals surface area contributed by atoms with Gasteiger partial charge in [0, 0.05) is 27.7 Å². The third-order valence-electron chi connectivity index (χ3n) is 4.30. The molecule has 2 aromatic carbocycles. The van der Waals surface area contributed by atoms with Crippen molar-refractivity contribution in [1.82, 2.24) is 0 Å². The molecule has 0 aliphatic carbocycles. The average molecular weight is 414 g/mol. The molecule has 1 saturated heterocycles. The molecule has 2 aromatic rings. The van der Waals surface area contributed by atoms with Gasteiger partial charge in [-0.25, -0.2) is 8.42 Å². The van der Waals surface area contributed by atoms with E-state index < -0.39 is 15.9 Å². The van der Waals surface area contributed by atoms with Gasteiger partial charge in [-0.1, -0.05) is 53.5 Å². The summed E-state index contributed by atoms with van der Waals surface area (Å²) in [6.45, 7) is 0. The number of benzene rings is 2. The Labute approximate surface area is 162 Å². The number of carbonyl (C=O) groups is 1. The van der Waals surface area contributed by atoms with Gasteiger partial charge in [-0.2, -0.15) is 0 Å². The lowest BCUT2D eigenvalue weighted by atomic mass is 10.0. The van der Waals surface area contributed by atoms with Crippen LogP contribution in [0, 0.1) is 0 Å². The first kappa shape index (κ1) is 19.2. The van der Waals surface area contributed by atoms with Crippen LogP contribution in [0.2, 0.25) is 10.0 Å². The topological polar surface area (TPSA) is 79.8 Å². The fraction of sp³-hybridized carbons (Fsp3) is 0.278. The molecule has 3 rings (SSSR count). The summed E-state index contributed by atoms with van der Waals surface area (Å²) in [6, 6.07) is 13.4. The SMILES string of the molecule is O=C(Nc1cc(Cl)cc(Cl)c1)[C@H]([NH2+][C@H]1CCS(=O)(=O)C1)c1ccccc1. The van der Waals surface area contributed by atoms with E-state index in [0.29, 0.717) is 22.2 Å². The van der Waals surface area contributed by atoms with Crippen molar-refractivity contribution in [3.05, 3.63) is 64.1 Å². The van der Waals surface area contributed by atoms with Crippen molar-refractivity contribution in [1.29, 1.82) is 0 Å². The second-order valence-corrected chi connectivity index (χ2v) is 9.49. The molecule has 1 aliphatic heterocycles. The van der Waals surface area contributed by atoms with Crippen LogP contribution in [0.4, 0.5) is 5.69 Å². The Morgan fingerprint density at radius 3 is 2.35 bits per heavy atom. The van der Waals surface area contributed by atoms with Crippen LogP contribution in [0.3, 0.4) is 0 Å². The van der Waals surface area contributed by atoms with Crippen LogP contribution in [0.5, 0.6) is 0 Å². The minimum atomic E-state index is -3.02. The Morgan fingerprint density at radius 2 is 1.77 bits per heavy atom. The third kappa shape index (κ3) is 4.98. The van der Waals surface area contributed by atoms with Gasteiger partial charge in [0.05, 0.1) is 5.75 Å². The highest BCUT2D eigenvalue weighted by atomic mass is 35.5. The number of anilines is 1. The Hall–Kier alpha value is -1.60. The van der Waals surface area contributed by atoms with Crippen LogP contribution in [-0.4, -0.2) is 31.9 Å². The van der Waals surface area contributed by atoms with Gasteiger partial charge in [0.1, 0.15) is 11.8 Å². The molecule has 1 amide bonds. The molecule has 26 heavy (non-hydrogen) atoms. The summed E-state index contributed by atoms with van der Waals surface area (Å²) in [5.74, 6) is 0.00666. The Morgan fingerprint density at radius 1 is 1.12 bits per heavy atom. The molecule has 0 bridgehead atoms. The number of carbonyl (C=O) groups excluding carboxylic acids is 1. The van der Waals surface area contributed by atoms with E-state index in [1.165, 1.54) is 0 Å². The predicted molar refractivity (Wildman–Crippen MR) is 103 cm³/mol. The van der Waals surface area contributed by atoms with Gasteiger partial charge < -0.3 is 10.6 Å². The number of hydrogen-bond donors (Lipinski definition) is 2. The summed E-state index contributed by atoms with van der Waals surface area (Å²) < 4.78 is 23.5. The first-order valence-electron chi connectivity index (χ1n) is 8.20. The quantitative estimate of drug-likeness (QED) is 0.789. The monoisotopic (exact) mass is 413 g/mol. The van der Waals surface area contributed by atoms with Crippen molar-refractivity contribution in [2.75, 3.05) is 16.8 Å². The first-order chi connectivity index (χ1) is 12.3. The molecule has 0 radical (unpaired) electrons. The number of halogens is 2. The average Bonchev–Trinajstić information content (AvgIpc) is 2.91. The molecule has 0 saturated carbocycles. The van der Waals surface area contributed by atoms with Crippen LogP contribution >= 0.6 is 23.2 Å². The number of quaternary nitrogens is 1. The predicted octanol–water partition coefficient (Wildman–Crippen LogP) is 2.42. The minimum Gasteiger partial charge on any atom is -0.329 e. The van der Waals surface area contributed by atoms with Crippen molar-refractivity contribution in [3.8, 4) is 0 Å². The normalized spacial score (nSPS) is 19.8. The summed E-state index contributed by atoms with van der Waals surface area (Å²) in [5, 5.41) is 5.51. The Kier molecular flexibility index (Phi) is 5.87. The fourth-order valence-electron chi connectivity index (χ4n) is 3.10. The highest BCUT2D eigenvalue weighted by Crippen LogP contribution is 2.23. The zero-order chi connectivity index (χ0) is 18.7. The molecule has 2 atom stereocenters. The summed E-state index contributed by atoms with van der Waals surface area (Å²) >= 11 is 12.0. The highest BCUT2D eigenvalue weighted by molar-refractivity contribution is 7.91. The number of sulfone groups is 1. The summed E-state index contributed by atoms with van der Waals surface area (Å²) in [4.78, 5) is 12.9. The van der Waals surface area contributed by atoms with Crippen LogP contribution in [-0.2, 0) is 14.6 Å². The maximum Gasteiger partial charge on any atom is 0.287 e. The maximum atomic E-state index is 12.9. The Bertz CT molecular complexity index is 884. The lowest BCUT2D eigenvalue weighted by Crippen LogP contribution is -2.93. The molecule has 138 valence electrons. The van der Waals surface area contributed by atoms with Gasteiger partial charge in [-0.15, -0.1) is 0 Å². The molecule has 0 aromatic heterocycles. The third-order valence-corrected chi connectivity index (χ3v) is 6.53. The van der Waals surface area contributed by atoms with Gasteiger partial charge in [-0.05, 0) is 18.2 Å². The number of nitrogens with one attached hydrogen (secondary N) is 1. The number of hydrogen-bond acceptors (Lipinski definition) is 3. The molecule has 0 spiro atoms. The van der Waals surface area contributed by atoms with Gasteiger partial charge in [-0.3, -0.25) is 4.79 Å². The standard InChI is InChI=1S/C18H18Cl2N2O3S/c19-13-8-14(20)10-16(9-13)22-18(23)17(12-4-2-1-3-5-12)21-15-6-7-26(24,25)11-15/h1-5,8-10,15,17,21H,6-7,11H2,(H,22,23)/p+1/t15-,17+/m0/s1. The van der Waals surface area contributed by atoms with Crippen molar-refractivity contribution >= 4 is 44.6 Å². The van der Waals surface area contributed by atoms with Crippen LogP contribution in [0.1, 0.15) is 18.0 Å². The van der Waals surface area contributed by atoms with Crippen LogP contribution in [0.25, 0.3) is 0 Å². The molecule has 0 unspecified atom stereocenters. The highest BCUT2D eigenvalue weighted by Gasteiger charge is 2.35. The number of nitrogens with two attached hydrogens (primary N) is 1. The number of amides is 1. The van der Waals surface area contributed by atoms with Crippen molar-refractivity contribution in [2.24, 2.45) is 0 Å². The molecule has 1 heterocycles. The van der Waals surface area contributed by atoms with Gasteiger partial charge in [0.25, 0.3) is 5.91 Å². The molecular formula is C18H19Cl2N2O3S+. The van der Waals surface area contributed by atoms with E-state index >= 15 is 0 Å². The molecule has 1 aliphatic rings. The van der Waals surface area contributed by atoms with Crippen molar-refractivity contribution < 1.29 is 18.5 Å². The smallest absolute Gasteiger partial charge is 0.287 e. The van der Waals surface area contributed by atoms with E-state index in [0.717, 1.165) is 5.56 Å². The van der Waals surface area contributed by atoms with Gasteiger partial charge in [0.15, 0.2) is 15.9 Å². The minimum absolute atomic E-state index is 0.0899. The Balaban J connectivity index is 1.81. The zero-order valence-electron chi connectivity index (χ0n) is 13.9. The summed E-state index contributed by atoms with van der Waals surface area (Å²) in [6.07, 6.45) is 0.544. The van der Waals surface area contributed by atoms with E-state index in [2.05, 4.69) is 5.32 Å². The van der Waals surface area contributed by atoms with E-state index in [4.69, 9.17) is 23.2 Å². The van der Waals surface area contributed by atoms with E-state index in [-0.39, 0.29) is 23.5 Å². The first-order valence-corrected chi connectivity index (χ1v) is 10.8. The second kappa shape index (κ2) is 7.96. The van der Waals surface area contributed by atoms with Gasteiger partial charge >= 0.3 is 0 Å². The molecule has 1 fully saturated rings. The molecular weight excluding hydrogens is 395 g/mol.